The molecule has 0 radical (unpaired) electrons. The topological polar surface area (TPSA) is 115 Å². The second-order valence-electron chi connectivity index (χ2n) is 3.71. The summed E-state index contributed by atoms with van der Waals surface area (Å²) in [6.45, 7) is 1.27. The highest BCUT2D eigenvalue weighted by Crippen LogP contribution is 2.07. The maximum absolute atomic E-state index is 11.9. The predicted octanol–water partition coefficient (Wildman–Crippen LogP) is -1.04. The van der Waals surface area contributed by atoms with E-state index in [0.717, 1.165) is 6.39 Å². The van der Waals surface area contributed by atoms with Crippen LogP contribution in [-0.2, 0) is 23.1 Å². The maximum atomic E-state index is 11.9. The van der Waals surface area contributed by atoms with Gasteiger partial charge in [0.2, 0.25) is 16.4 Å². The molecule has 0 bridgehead atoms. The molecule has 19 heavy (non-hydrogen) atoms. The molecule has 0 fully saturated rings. The van der Waals surface area contributed by atoms with E-state index in [0.29, 0.717) is 13.1 Å². The zero-order valence-electron chi connectivity index (χ0n) is 10.3. The van der Waals surface area contributed by atoms with Gasteiger partial charge in [-0.05, 0) is 7.05 Å². The lowest BCUT2D eigenvalue weighted by Crippen LogP contribution is -2.23. The Hall–Kier alpha value is -1.78. The van der Waals surface area contributed by atoms with Crippen molar-refractivity contribution in [2.24, 2.45) is 0 Å². The first-order chi connectivity index (χ1) is 9.12. The monoisotopic (exact) mass is 286 g/mol. The van der Waals surface area contributed by atoms with Crippen molar-refractivity contribution in [1.29, 1.82) is 0 Å². The van der Waals surface area contributed by atoms with Gasteiger partial charge in [-0.3, -0.25) is 4.68 Å². The van der Waals surface area contributed by atoms with Gasteiger partial charge in [-0.1, -0.05) is 5.16 Å². The minimum absolute atomic E-state index is 0.0273. The standard InChI is InChI=1S/C9H14N6O3S/c1-10-2-3-15-6-8(4-12-15)19(16,17)13-5-9-11-7-18-14-9/h4,6-7,10,13H,2-3,5H2,1H3. The molecule has 0 aliphatic rings. The molecule has 9 nitrogen and oxygen atoms in total. The molecule has 0 spiro atoms. The number of likely N-dealkylation sites (N-methyl/N-ethyl adjacent to an activating group) is 1. The van der Waals surface area contributed by atoms with Crippen LogP contribution in [0.15, 0.2) is 28.2 Å². The number of hydrogen-bond acceptors (Lipinski definition) is 7. The number of sulfonamides is 1. The molecule has 0 amide bonds. The van der Waals surface area contributed by atoms with Gasteiger partial charge in [0.25, 0.3) is 0 Å². The van der Waals surface area contributed by atoms with Crippen molar-refractivity contribution < 1.29 is 12.9 Å². The van der Waals surface area contributed by atoms with Gasteiger partial charge in [0.1, 0.15) is 4.90 Å². The summed E-state index contributed by atoms with van der Waals surface area (Å²) in [4.78, 5) is 3.83. The van der Waals surface area contributed by atoms with E-state index in [9.17, 15) is 8.42 Å². The average molecular weight is 286 g/mol. The van der Waals surface area contributed by atoms with Gasteiger partial charge in [0.05, 0.1) is 19.3 Å². The van der Waals surface area contributed by atoms with Crippen molar-refractivity contribution in [2.75, 3.05) is 13.6 Å². The van der Waals surface area contributed by atoms with Crippen LogP contribution in [0.2, 0.25) is 0 Å². The third-order valence-electron chi connectivity index (χ3n) is 2.34. The molecule has 0 atom stereocenters. The molecule has 2 N–H and O–H groups in total. The Morgan fingerprint density at radius 1 is 1.47 bits per heavy atom. The molecule has 0 aromatic carbocycles. The van der Waals surface area contributed by atoms with Crippen LogP contribution in [0.5, 0.6) is 0 Å². The summed E-state index contributed by atoms with van der Waals surface area (Å²) >= 11 is 0. The number of nitrogens with zero attached hydrogens (tertiary/aromatic N) is 4. The fourth-order valence-corrected chi connectivity index (χ4v) is 2.28. The summed E-state index contributed by atoms with van der Waals surface area (Å²) in [5, 5.41) is 10.4. The van der Waals surface area contributed by atoms with Crippen LogP contribution in [0, 0.1) is 0 Å². The van der Waals surface area contributed by atoms with Gasteiger partial charge < -0.3 is 9.84 Å². The summed E-state index contributed by atoms with van der Waals surface area (Å²) < 4.78 is 32.3. The zero-order chi connectivity index (χ0) is 13.7. The lowest BCUT2D eigenvalue weighted by atomic mass is 10.6. The number of hydrogen-bond donors (Lipinski definition) is 2. The Morgan fingerprint density at radius 3 is 3.00 bits per heavy atom. The van der Waals surface area contributed by atoms with Crippen molar-refractivity contribution in [1.82, 2.24) is 30.0 Å². The van der Waals surface area contributed by atoms with E-state index in [1.807, 2.05) is 7.05 Å². The summed E-state index contributed by atoms with van der Waals surface area (Å²) in [5.41, 5.74) is 0. The first-order valence-corrected chi connectivity index (χ1v) is 7.02. The molecule has 0 saturated heterocycles. The van der Waals surface area contributed by atoms with Gasteiger partial charge in [0.15, 0.2) is 5.82 Å². The van der Waals surface area contributed by atoms with Gasteiger partial charge in [-0.15, -0.1) is 0 Å². The van der Waals surface area contributed by atoms with E-state index in [1.54, 1.807) is 4.68 Å². The summed E-state index contributed by atoms with van der Waals surface area (Å²) in [6.07, 6.45) is 3.91. The third-order valence-corrected chi connectivity index (χ3v) is 3.69. The second-order valence-corrected chi connectivity index (χ2v) is 5.48. The van der Waals surface area contributed by atoms with Crippen LogP contribution in [0.25, 0.3) is 0 Å². The average Bonchev–Trinajstić information content (AvgIpc) is 3.05. The smallest absolute Gasteiger partial charge is 0.244 e. The van der Waals surface area contributed by atoms with E-state index in [1.165, 1.54) is 12.4 Å². The van der Waals surface area contributed by atoms with Crippen LogP contribution < -0.4 is 10.0 Å². The van der Waals surface area contributed by atoms with Crippen molar-refractivity contribution in [2.45, 2.75) is 18.0 Å². The number of rotatable bonds is 7. The third kappa shape index (κ3) is 3.59. The maximum Gasteiger partial charge on any atom is 0.244 e. The summed E-state index contributed by atoms with van der Waals surface area (Å²) in [7, 11) is -1.80. The van der Waals surface area contributed by atoms with Gasteiger partial charge >= 0.3 is 0 Å². The molecular weight excluding hydrogens is 272 g/mol. The van der Waals surface area contributed by atoms with Crippen LogP contribution in [-0.4, -0.2) is 41.9 Å². The molecule has 2 rings (SSSR count). The Labute approximate surface area is 110 Å². The molecule has 0 unspecified atom stereocenters. The van der Waals surface area contributed by atoms with Gasteiger partial charge in [-0.2, -0.15) is 10.1 Å². The van der Waals surface area contributed by atoms with E-state index in [2.05, 4.69) is 29.8 Å². The highest BCUT2D eigenvalue weighted by molar-refractivity contribution is 7.89. The minimum Gasteiger partial charge on any atom is -0.343 e. The molecule has 2 aromatic rings. The Morgan fingerprint density at radius 2 is 2.32 bits per heavy atom. The van der Waals surface area contributed by atoms with Crippen molar-refractivity contribution in [3.8, 4) is 0 Å². The largest absolute Gasteiger partial charge is 0.343 e. The van der Waals surface area contributed by atoms with Crippen LogP contribution in [0.3, 0.4) is 0 Å². The normalized spacial score (nSPS) is 11.8. The van der Waals surface area contributed by atoms with Crippen LogP contribution in [0.4, 0.5) is 0 Å². The molecule has 2 heterocycles. The lowest BCUT2D eigenvalue weighted by molar-refractivity contribution is 0.409. The molecule has 104 valence electrons. The Kier molecular flexibility index (Phi) is 4.24. The van der Waals surface area contributed by atoms with Crippen LogP contribution >= 0.6 is 0 Å². The van der Waals surface area contributed by atoms with Gasteiger partial charge in [-0.25, -0.2) is 13.1 Å². The van der Waals surface area contributed by atoms with Crippen molar-refractivity contribution in [3.05, 3.63) is 24.6 Å². The molecule has 0 aliphatic carbocycles. The van der Waals surface area contributed by atoms with E-state index < -0.39 is 10.0 Å². The molecular formula is C9H14N6O3S. The lowest BCUT2D eigenvalue weighted by Gasteiger charge is -2.01. The zero-order valence-corrected chi connectivity index (χ0v) is 11.1. The van der Waals surface area contributed by atoms with Crippen molar-refractivity contribution in [3.63, 3.8) is 0 Å². The quantitative estimate of drug-likeness (QED) is 0.668. The fourth-order valence-electron chi connectivity index (χ4n) is 1.35. The number of nitrogens with one attached hydrogen (secondary N) is 2. The second kappa shape index (κ2) is 5.91. The Balaban J connectivity index is 2.00. The van der Waals surface area contributed by atoms with Gasteiger partial charge in [0, 0.05) is 12.7 Å². The van der Waals surface area contributed by atoms with E-state index in [4.69, 9.17) is 0 Å². The van der Waals surface area contributed by atoms with Crippen LogP contribution in [0.1, 0.15) is 5.82 Å². The van der Waals surface area contributed by atoms with E-state index in [-0.39, 0.29) is 17.3 Å². The number of aromatic nitrogens is 4. The predicted molar refractivity (Wildman–Crippen MR) is 64.5 cm³/mol. The molecule has 0 saturated carbocycles. The highest BCUT2D eigenvalue weighted by atomic mass is 32.2. The molecule has 0 aliphatic heterocycles. The first-order valence-electron chi connectivity index (χ1n) is 5.54. The highest BCUT2D eigenvalue weighted by Gasteiger charge is 2.17. The SMILES string of the molecule is CNCCn1cc(S(=O)(=O)NCc2ncon2)cn1. The molecule has 10 heteroatoms. The summed E-state index contributed by atoms with van der Waals surface area (Å²) in [6, 6.07) is 0. The van der Waals surface area contributed by atoms with Crippen molar-refractivity contribution >= 4 is 10.0 Å². The Bertz CT molecular complexity index is 606. The molecule has 2 aromatic heterocycles. The van der Waals surface area contributed by atoms with E-state index >= 15 is 0 Å². The fraction of sp³-hybridized carbons (Fsp3) is 0.444. The minimum atomic E-state index is -3.62. The summed E-state index contributed by atoms with van der Waals surface area (Å²) in [5.74, 6) is 0.270. The first kappa shape index (κ1) is 13.6.